The van der Waals surface area contributed by atoms with Gasteiger partial charge in [-0.3, -0.25) is 4.79 Å². The van der Waals surface area contributed by atoms with Gasteiger partial charge in [0.05, 0.1) is 6.10 Å². The van der Waals surface area contributed by atoms with Crippen LogP contribution in [0.15, 0.2) is 28.7 Å². The summed E-state index contributed by atoms with van der Waals surface area (Å²) in [5.74, 6) is 0.115. The molecule has 2 rings (SSSR count). The molecule has 1 aliphatic rings. The number of rotatable bonds is 4. The van der Waals surface area contributed by atoms with Gasteiger partial charge in [0.25, 0.3) is 0 Å². The minimum Gasteiger partial charge on any atom is -0.393 e. The number of benzene rings is 1. The predicted octanol–water partition coefficient (Wildman–Crippen LogP) is 2.80. The van der Waals surface area contributed by atoms with E-state index in [-0.39, 0.29) is 18.1 Å². The Kier molecular flexibility index (Phi) is 5.40. The van der Waals surface area contributed by atoms with Crippen LogP contribution in [-0.2, 0) is 11.2 Å². The summed E-state index contributed by atoms with van der Waals surface area (Å²) in [6, 6.07) is 8.31. The summed E-state index contributed by atoms with van der Waals surface area (Å²) in [5.41, 5.74) is 1.18. The van der Waals surface area contributed by atoms with Crippen molar-refractivity contribution in [1.82, 2.24) is 5.32 Å². The molecule has 1 aromatic rings. The Balaban J connectivity index is 1.71. The normalized spacial score (nSPS) is 23.1. The van der Waals surface area contributed by atoms with Crippen molar-refractivity contribution < 1.29 is 9.90 Å². The van der Waals surface area contributed by atoms with Crippen molar-refractivity contribution in [3.05, 3.63) is 34.3 Å². The second-order valence-electron chi connectivity index (χ2n) is 5.20. The van der Waals surface area contributed by atoms with Gasteiger partial charge in [0.2, 0.25) is 5.91 Å². The molecule has 4 heteroatoms. The van der Waals surface area contributed by atoms with E-state index >= 15 is 0 Å². The van der Waals surface area contributed by atoms with E-state index in [2.05, 4.69) is 21.2 Å². The molecule has 3 nitrogen and oxygen atoms in total. The van der Waals surface area contributed by atoms with Gasteiger partial charge in [-0.25, -0.2) is 0 Å². The van der Waals surface area contributed by atoms with Crippen LogP contribution < -0.4 is 5.32 Å². The lowest BCUT2D eigenvalue weighted by atomic mass is 9.93. The third-order valence-electron chi connectivity index (χ3n) is 3.62. The highest BCUT2D eigenvalue weighted by Gasteiger charge is 2.20. The molecule has 104 valence electrons. The average Bonchev–Trinajstić information content (AvgIpc) is 2.41. The second kappa shape index (κ2) is 7.06. The molecule has 0 aromatic heterocycles. The van der Waals surface area contributed by atoms with Crippen LogP contribution in [0.3, 0.4) is 0 Å². The summed E-state index contributed by atoms with van der Waals surface area (Å²) >= 11 is 3.40. The van der Waals surface area contributed by atoms with Gasteiger partial charge in [0.15, 0.2) is 0 Å². The first-order valence-electron chi connectivity index (χ1n) is 6.85. The standard InChI is InChI=1S/C15H20BrNO2/c16-12-4-1-11(2-5-12)3-10-15(19)17-13-6-8-14(18)9-7-13/h1-2,4-5,13-14,18H,3,6-10H2,(H,17,19). The molecular weight excluding hydrogens is 306 g/mol. The van der Waals surface area contributed by atoms with Crippen molar-refractivity contribution in [1.29, 1.82) is 0 Å². The van der Waals surface area contributed by atoms with E-state index in [1.165, 1.54) is 5.56 Å². The lowest BCUT2D eigenvalue weighted by Crippen LogP contribution is -2.38. The quantitative estimate of drug-likeness (QED) is 0.894. The van der Waals surface area contributed by atoms with E-state index in [1.54, 1.807) is 0 Å². The van der Waals surface area contributed by atoms with Crippen LogP contribution in [0.25, 0.3) is 0 Å². The van der Waals surface area contributed by atoms with Crippen molar-refractivity contribution in [2.45, 2.75) is 50.7 Å². The number of halogens is 1. The van der Waals surface area contributed by atoms with Crippen molar-refractivity contribution in [2.24, 2.45) is 0 Å². The van der Waals surface area contributed by atoms with E-state index in [4.69, 9.17) is 0 Å². The summed E-state index contributed by atoms with van der Waals surface area (Å²) in [5, 5.41) is 12.5. The lowest BCUT2D eigenvalue weighted by Gasteiger charge is -2.26. The fraction of sp³-hybridized carbons (Fsp3) is 0.533. The van der Waals surface area contributed by atoms with Gasteiger partial charge in [0, 0.05) is 16.9 Å². The van der Waals surface area contributed by atoms with Crippen LogP contribution in [0, 0.1) is 0 Å². The number of hydrogen-bond acceptors (Lipinski definition) is 2. The van der Waals surface area contributed by atoms with Crippen LogP contribution in [0.5, 0.6) is 0 Å². The van der Waals surface area contributed by atoms with Gasteiger partial charge in [-0.15, -0.1) is 0 Å². The number of carbonyl (C=O) groups is 1. The zero-order chi connectivity index (χ0) is 13.7. The molecule has 0 bridgehead atoms. The second-order valence-corrected chi connectivity index (χ2v) is 6.12. The lowest BCUT2D eigenvalue weighted by molar-refractivity contribution is -0.122. The third kappa shape index (κ3) is 4.96. The Hall–Kier alpha value is -0.870. The average molecular weight is 326 g/mol. The van der Waals surface area contributed by atoms with Gasteiger partial charge in [0.1, 0.15) is 0 Å². The van der Waals surface area contributed by atoms with Crippen molar-refractivity contribution in [2.75, 3.05) is 0 Å². The molecule has 1 aromatic carbocycles. The van der Waals surface area contributed by atoms with Crippen molar-refractivity contribution in [3.63, 3.8) is 0 Å². The Labute approximate surface area is 122 Å². The first-order valence-corrected chi connectivity index (χ1v) is 7.64. The molecule has 0 atom stereocenters. The Morgan fingerprint density at radius 3 is 2.47 bits per heavy atom. The zero-order valence-electron chi connectivity index (χ0n) is 10.9. The molecule has 19 heavy (non-hydrogen) atoms. The minimum atomic E-state index is -0.170. The van der Waals surface area contributed by atoms with E-state index in [0.717, 1.165) is 36.6 Å². The topological polar surface area (TPSA) is 49.3 Å². The van der Waals surface area contributed by atoms with Crippen LogP contribution >= 0.6 is 15.9 Å². The Bertz CT molecular complexity index is 411. The molecule has 0 heterocycles. The molecule has 2 N–H and O–H groups in total. The SMILES string of the molecule is O=C(CCc1ccc(Br)cc1)NC1CCC(O)CC1. The van der Waals surface area contributed by atoms with Crippen molar-refractivity contribution in [3.8, 4) is 0 Å². The number of hydrogen-bond donors (Lipinski definition) is 2. The molecule has 1 amide bonds. The highest BCUT2D eigenvalue weighted by Crippen LogP contribution is 2.18. The maximum Gasteiger partial charge on any atom is 0.220 e. The highest BCUT2D eigenvalue weighted by atomic mass is 79.9. The first kappa shape index (κ1) is 14.5. The smallest absolute Gasteiger partial charge is 0.220 e. The molecule has 0 spiro atoms. The van der Waals surface area contributed by atoms with Gasteiger partial charge in [-0.2, -0.15) is 0 Å². The fourth-order valence-electron chi connectivity index (χ4n) is 2.43. The molecule has 1 aliphatic carbocycles. The Morgan fingerprint density at radius 1 is 1.21 bits per heavy atom. The van der Waals surface area contributed by atoms with E-state index in [9.17, 15) is 9.90 Å². The van der Waals surface area contributed by atoms with E-state index in [1.807, 2.05) is 24.3 Å². The molecule has 0 aliphatic heterocycles. The largest absolute Gasteiger partial charge is 0.393 e. The maximum atomic E-state index is 11.9. The first-order chi connectivity index (χ1) is 9.13. The number of aliphatic hydroxyl groups excluding tert-OH is 1. The maximum absolute atomic E-state index is 11.9. The number of carbonyl (C=O) groups excluding carboxylic acids is 1. The summed E-state index contributed by atoms with van der Waals surface area (Å²) < 4.78 is 1.06. The number of aliphatic hydroxyl groups is 1. The molecule has 0 radical (unpaired) electrons. The molecule has 0 saturated heterocycles. The fourth-order valence-corrected chi connectivity index (χ4v) is 2.69. The van der Waals surface area contributed by atoms with Crippen LogP contribution in [0.2, 0.25) is 0 Å². The molecule has 0 unspecified atom stereocenters. The number of nitrogens with one attached hydrogen (secondary N) is 1. The molecule has 1 saturated carbocycles. The van der Waals surface area contributed by atoms with Gasteiger partial charge >= 0.3 is 0 Å². The summed E-state index contributed by atoms with van der Waals surface area (Å²) in [6.45, 7) is 0. The molecule has 1 fully saturated rings. The van der Waals surface area contributed by atoms with E-state index < -0.39 is 0 Å². The molecular formula is C15H20BrNO2. The minimum absolute atomic E-state index is 0.115. The van der Waals surface area contributed by atoms with E-state index in [0.29, 0.717) is 6.42 Å². The summed E-state index contributed by atoms with van der Waals surface area (Å²) in [6.07, 6.45) is 4.52. The van der Waals surface area contributed by atoms with Crippen LogP contribution in [0.1, 0.15) is 37.7 Å². The highest BCUT2D eigenvalue weighted by molar-refractivity contribution is 9.10. The third-order valence-corrected chi connectivity index (χ3v) is 4.14. The van der Waals surface area contributed by atoms with Gasteiger partial charge in [-0.05, 0) is 49.8 Å². The van der Waals surface area contributed by atoms with Gasteiger partial charge < -0.3 is 10.4 Å². The summed E-state index contributed by atoms with van der Waals surface area (Å²) in [7, 11) is 0. The monoisotopic (exact) mass is 325 g/mol. The van der Waals surface area contributed by atoms with Crippen molar-refractivity contribution >= 4 is 21.8 Å². The van der Waals surface area contributed by atoms with Crippen LogP contribution in [0.4, 0.5) is 0 Å². The number of aryl methyl sites for hydroxylation is 1. The Morgan fingerprint density at radius 2 is 1.84 bits per heavy atom. The predicted molar refractivity (Wildman–Crippen MR) is 78.9 cm³/mol. The number of amides is 1. The summed E-state index contributed by atoms with van der Waals surface area (Å²) in [4.78, 5) is 11.9. The van der Waals surface area contributed by atoms with Crippen LogP contribution in [-0.4, -0.2) is 23.2 Å². The zero-order valence-corrected chi connectivity index (χ0v) is 12.5. The van der Waals surface area contributed by atoms with Gasteiger partial charge in [-0.1, -0.05) is 28.1 Å².